The van der Waals surface area contributed by atoms with Gasteiger partial charge in [0.2, 0.25) is 0 Å². The molecule has 0 amide bonds. The molecule has 0 bridgehead atoms. The van der Waals surface area contributed by atoms with Gasteiger partial charge in [0.05, 0.1) is 18.1 Å². The lowest BCUT2D eigenvalue weighted by Crippen LogP contribution is -2.35. The van der Waals surface area contributed by atoms with Gasteiger partial charge in [0.25, 0.3) is 0 Å². The Bertz CT molecular complexity index is 713. The van der Waals surface area contributed by atoms with Crippen LogP contribution in [0.4, 0.5) is 13.2 Å². The van der Waals surface area contributed by atoms with E-state index >= 15 is 0 Å². The smallest absolute Gasteiger partial charge is 0.296 e. The highest BCUT2D eigenvalue weighted by Gasteiger charge is 2.32. The molecule has 1 aliphatic carbocycles. The standard InChI is InChI=1S/C14H17F3N4S2/c1-2-19(8-14(15,16)17)9-20-13(22)21(10-5-6-10)12(18-20)11-4-3-7-23-11/h3-4,7,10H,2,5-6,8-9H2,1H3. The summed E-state index contributed by atoms with van der Waals surface area (Å²) in [6, 6.07) is 4.21. The fourth-order valence-corrected chi connectivity index (χ4v) is 3.49. The van der Waals surface area contributed by atoms with Crippen molar-refractivity contribution in [2.45, 2.75) is 38.7 Å². The van der Waals surface area contributed by atoms with E-state index in [1.165, 1.54) is 9.58 Å². The van der Waals surface area contributed by atoms with Crippen molar-refractivity contribution < 1.29 is 13.2 Å². The molecule has 1 aliphatic rings. The molecule has 2 aromatic heterocycles. The molecule has 0 radical (unpaired) electrons. The minimum atomic E-state index is -4.23. The SMILES string of the molecule is CCN(Cn1nc(-c2cccs2)n(C2CC2)c1=S)CC(F)(F)F. The molecule has 1 fully saturated rings. The van der Waals surface area contributed by atoms with Crippen LogP contribution in [0.3, 0.4) is 0 Å². The van der Waals surface area contributed by atoms with E-state index in [0.717, 1.165) is 23.5 Å². The average molecular weight is 362 g/mol. The third-order valence-electron chi connectivity index (χ3n) is 3.71. The Balaban J connectivity index is 1.91. The lowest BCUT2D eigenvalue weighted by atomic mass is 10.4. The largest absolute Gasteiger partial charge is 0.401 e. The van der Waals surface area contributed by atoms with Crippen LogP contribution in [0.25, 0.3) is 10.7 Å². The predicted octanol–water partition coefficient (Wildman–Crippen LogP) is 4.32. The zero-order valence-corrected chi connectivity index (χ0v) is 14.2. The molecule has 2 heterocycles. The molecule has 3 rings (SSSR count). The Labute approximate surface area is 141 Å². The van der Waals surface area contributed by atoms with Crippen LogP contribution in [0.1, 0.15) is 25.8 Å². The van der Waals surface area contributed by atoms with Gasteiger partial charge in [0.15, 0.2) is 10.6 Å². The summed E-state index contributed by atoms with van der Waals surface area (Å²) in [6.45, 7) is 1.07. The van der Waals surface area contributed by atoms with Crippen molar-refractivity contribution in [3.8, 4) is 10.7 Å². The first kappa shape index (κ1) is 16.7. The first-order valence-corrected chi connectivity index (χ1v) is 8.70. The van der Waals surface area contributed by atoms with Gasteiger partial charge in [-0.1, -0.05) is 13.0 Å². The molecule has 0 N–H and O–H groups in total. The fourth-order valence-electron chi connectivity index (χ4n) is 2.45. The molecular formula is C14H17F3N4S2. The topological polar surface area (TPSA) is 26.0 Å². The van der Waals surface area contributed by atoms with Crippen molar-refractivity contribution in [3.05, 3.63) is 22.3 Å². The number of nitrogens with zero attached hydrogens (tertiary/aromatic N) is 4. The Morgan fingerprint density at radius 2 is 2.17 bits per heavy atom. The van der Waals surface area contributed by atoms with Crippen molar-refractivity contribution >= 4 is 23.6 Å². The maximum atomic E-state index is 12.6. The van der Waals surface area contributed by atoms with E-state index in [1.807, 2.05) is 22.1 Å². The van der Waals surface area contributed by atoms with Crippen LogP contribution in [0, 0.1) is 4.77 Å². The number of thiophene rings is 1. The zero-order valence-electron chi connectivity index (χ0n) is 12.6. The van der Waals surface area contributed by atoms with Gasteiger partial charge in [-0.2, -0.15) is 13.2 Å². The van der Waals surface area contributed by atoms with E-state index in [4.69, 9.17) is 12.2 Å². The third kappa shape index (κ3) is 3.84. The molecule has 2 aromatic rings. The molecule has 23 heavy (non-hydrogen) atoms. The van der Waals surface area contributed by atoms with Gasteiger partial charge in [-0.3, -0.25) is 9.47 Å². The lowest BCUT2D eigenvalue weighted by Gasteiger charge is -2.21. The van der Waals surface area contributed by atoms with Gasteiger partial charge < -0.3 is 0 Å². The summed E-state index contributed by atoms with van der Waals surface area (Å²) in [5, 5.41) is 6.46. The second-order valence-electron chi connectivity index (χ2n) is 5.59. The van der Waals surface area contributed by atoms with Gasteiger partial charge >= 0.3 is 6.18 Å². The van der Waals surface area contributed by atoms with Crippen LogP contribution in [-0.4, -0.2) is 38.5 Å². The minimum absolute atomic E-state index is 0.0486. The normalized spacial score (nSPS) is 15.5. The third-order valence-corrected chi connectivity index (χ3v) is 4.98. The Hall–Kier alpha value is -1.19. The van der Waals surface area contributed by atoms with Gasteiger partial charge in [-0.25, -0.2) is 4.68 Å². The monoisotopic (exact) mass is 362 g/mol. The first-order chi connectivity index (χ1) is 10.9. The molecule has 0 saturated heterocycles. The van der Waals surface area contributed by atoms with E-state index in [9.17, 15) is 13.2 Å². The number of hydrogen-bond donors (Lipinski definition) is 0. The molecule has 1 saturated carbocycles. The highest BCUT2D eigenvalue weighted by molar-refractivity contribution is 7.71. The summed E-state index contributed by atoms with van der Waals surface area (Å²) in [5.74, 6) is 0.760. The maximum absolute atomic E-state index is 12.6. The van der Waals surface area contributed by atoms with Crippen molar-refractivity contribution in [1.29, 1.82) is 0 Å². The minimum Gasteiger partial charge on any atom is -0.296 e. The van der Waals surface area contributed by atoms with Gasteiger partial charge in [0.1, 0.15) is 0 Å². The maximum Gasteiger partial charge on any atom is 0.401 e. The lowest BCUT2D eigenvalue weighted by molar-refractivity contribution is -0.149. The second kappa shape index (κ2) is 6.37. The molecule has 126 valence electrons. The van der Waals surface area contributed by atoms with E-state index in [1.54, 1.807) is 18.3 Å². The number of alkyl halides is 3. The fraction of sp³-hybridized carbons (Fsp3) is 0.571. The summed E-state index contributed by atoms with van der Waals surface area (Å²) in [6.07, 6.45) is -2.15. The number of rotatable bonds is 6. The van der Waals surface area contributed by atoms with Crippen LogP contribution in [-0.2, 0) is 6.67 Å². The molecule has 0 spiro atoms. The number of aromatic nitrogens is 3. The van der Waals surface area contributed by atoms with Crippen LogP contribution < -0.4 is 0 Å². The molecule has 0 aromatic carbocycles. The molecule has 4 nitrogen and oxygen atoms in total. The summed E-state index contributed by atoms with van der Waals surface area (Å²) in [7, 11) is 0. The number of halogens is 3. The quantitative estimate of drug-likeness (QED) is 0.716. The second-order valence-corrected chi connectivity index (χ2v) is 6.90. The summed E-state index contributed by atoms with van der Waals surface area (Å²) in [5.41, 5.74) is 0. The zero-order chi connectivity index (χ0) is 16.6. The van der Waals surface area contributed by atoms with Crippen LogP contribution in [0.2, 0.25) is 0 Å². The molecule has 0 unspecified atom stereocenters. The molecular weight excluding hydrogens is 345 g/mol. The van der Waals surface area contributed by atoms with Crippen molar-refractivity contribution in [2.24, 2.45) is 0 Å². The van der Waals surface area contributed by atoms with Crippen molar-refractivity contribution in [3.63, 3.8) is 0 Å². The number of hydrogen-bond acceptors (Lipinski definition) is 4. The Morgan fingerprint density at radius 1 is 1.43 bits per heavy atom. The van der Waals surface area contributed by atoms with Crippen molar-refractivity contribution in [1.82, 2.24) is 19.2 Å². The van der Waals surface area contributed by atoms with E-state index in [-0.39, 0.29) is 13.2 Å². The van der Waals surface area contributed by atoms with E-state index in [2.05, 4.69) is 5.10 Å². The van der Waals surface area contributed by atoms with Crippen LogP contribution in [0.5, 0.6) is 0 Å². The van der Waals surface area contributed by atoms with E-state index in [0.29, 0.717) is 10.8 Å². The first-order valence-electron chi connectivity index (χ1n) is 7.41. The van der Waals surface area contributed by atoms with Gasteiger partial charge in [0, 0.05) is 6.04 Å². The predicted molar refractivity (Wildman–Crippen MR) is 85.9 cm³/mol. The molecule has 0 atom stereocenters. The van der Waals surface area contributed by atoms with Gasteiger partial charge in [-0.05, 0) is 43.1 Å². The van der Waals surface area contributed by atoms with E-state index < -0.39 is 12.7 Å². The highest BCUT2D eigenvalue weighted by atomic mass is 32.1. The molecule has 9 heteroatoms. The van der Waals surface area contributed by atoms with Crippen LogP contribution in [0.15, 0.2) is 17.5 Å². The summed E-state index contributed by atoms with van der Waals surface area (Å²) < 4.78 is 41.9. The summed E-state index contributed by atoms with van der Waals surface area (Å²) in [4.78, 5) is 2.28. The van der Waals surface area contributed by atoms with Crippen molar-refractivity contribution in [2.75, 3.05) is 13.1 Å². The highest BCUT2D eigenvalue weighted by Crippen LogP contribution is 2.39. The average Bonchev–Trinajstić information content (AvgIpc) is 3.05. The molecule has 0 aliphatic heterocycles. The van der Waals surface area contributed by atoms with Crippen LogP contribution >= 0.6 is 23.6 Å². The Kier molecular flexibility index (Phi) is 4.61. The van der Waals surface area contributed by atoms with Gasteiger partial charge in [-0.15, -0.1) is 16.4 Å². The Morgan fingerprint density at radius 3 is 2.70 bits per heavy atom. The summed E-state index contributed by atoms with van der Waals surface area (Å²) >= 11 is 7.03.